The highest BCUT2D eigenvalue weighted by molar-refractivity contribution is 6.33. The maximum absolute atomic E-state index is 11.9. The lowest BCUT2D eigenvalue weighted by Gasteiger charge is -2.09. The first-order valence-corrected chi connectivity index (χ1v) is 6.32. The van der Waals surface area contributed by atoms with Gasteiger partial charge >= 0.3 is 6.03 Å². The van der Waals surface area contributed by atoms with E-state index in [1.807, 2.05) is 0 Å². The fraction of sp³-hybridized carbons (Fsp3) is 0.0714. The summed E-state index contributed by atoms with van der Waals surface area (Å²) in [5.41, 5.74) is 1.16. The van der Waals surface area contributed by atoms with Crippen LogP contribution >= 0.6 is 11.6 Å². The van der Waals surface area contributed by atoms with Crippen molar-refractivity contribution >= 4 is 29.0 Å². The van der Waals surface area contributed by atoms with Gasteiger partial charge in [-0.1, -0.05) is 23.7 Å². The van der Waals surface area contributed by atoms with Crippen molar-refractivity contribution < 1.29 is 14.3 Å². The van der Waals surface area contributed by atoms with Crippen molar-refractivity contribution in [1.82, 2.24) is 0 Å². The molecule has 5 nitrogen and oxygen atoms in total. The average molecular weight is 291 g/mol. The Kier molecular flexibility index (Phi) is 3.35. The number of benzene rings is 2. The van der Waals surface area contributed by atoms with Gasteiger partial charge in [0.05, 0.1) is 10.7 Å². The van der Waals surface area contributed by atoms with Gasteiger partial charge in [-0.2, -0.15) is 0 Å². The first-order chi connectivity index (χ1) is 9.72. The first kappa shape index (κ1) is 12.6. The molecule has 0 fully saturated rings. The molecule has 1 aliphatic rings. The van der Waals surface area contributed by atoms with Crippen LogP contribution in [0.3, 0.4) is 0 Å². The van der Waals surface area contributed by atoms with Crippen LogP contribution in [-0.4, -0.2) is 12.8 Å². The number of urea groups is 1. The van der Waals surface area contributed by atoms with Crippen molar-refractivity contribution in [1.29, 1.82) is 0 Å². The monoisotopic (exact) mass is 290 g/mol. The summed E-state index contributed by atoms with van der Waals surface area (Å²) in [6.45, 7) is 0.199. The molecule has 0 radical (unpaired) electrons. The highest BCUT2D eigenvalue weighted by Gasteiger charge is 2.14. The molecule has 0 saturated carbocycles. The molecule has 0 bridgehead atoms. The molecular formula is C14H11ClN2O3. The lowest BCUT2D eigenvalue weighted by atomic mass is 10.3. The second kappa shape index (κ2) is 5.30. The second-order valence-electron chi connectivity index (χ2n) is 4.13. The molecule has 2 N–H and O–H groups in total. The van der Waals surface area contributed by atoms with Crippen LogP contribution in [0.25, 0.3) is 0 Å². The minimum absolute atomic E-state index is 0.199. The molecule has 3 rings (SSSR count). The predicted molar refractivity (Wildman–Crippen MR) is 76.7 cm³/mol. The quantitative estimate of drug-likeness (QED) is 0.886. The molecule has 0 unspecified atom stereocenters. The first-order valence-electron chi connectivity index (χ1n) is 5.94. The van der Waals surface area contributed by atoms with Crippen molar-refractivity contribution in [2.45, 2.75) is 0 Å². The Morgan fingerprint density at radius 3 is 2.70 bits per heavy atom. The molecule has 0 aliphatic carbocycles. The number of anilines is 2. The van der Waals surface area contributed by atoms with Gasteiger partial charge in [0.15, 0.2) is 11.5 Å². The van der Waals surface area contributed by atoms with Gasteiger partial charge in [0, 0.05) is 11.8 Å². The van der Waals surface area contributed by atoms with E-state index in [9.17, 15) is 4.79 Å². The van der Waals surface area contributed by atoms with Crippen LogP contribution in [0.1, 0.15) is 0 Å². The third kappa shape index (κ3) is 2.62. The zero-order valence-corrected chi connectivity index (χ0v) is 11.1. The average Bonchev–Trinajstić information content (AvgIpc) is 2.89. The van der Waals surface area contributed by atoms with Crippen LogP contribution in [0.2, 0.25) is 5.02 Å². The van der Waals surface area contributed by atoms with Crippen LogP contribution in [0.4, 0.5) is 16.2 Å². The van der Waals surface area contributed by atoms with E-state index in [0.717, 1.165) is 0 Å². The summed E-state index contributed by atoms with van der Waals surface area (Å²) in [5, 5.41) is 5.86. The maximum Gasteiger partial charge on any atom is 0.323 e. The number of carbonyl (C=O) groups is 1. The van der Waals surface area contributed by atoms with Gasteiger partial charge in [0.2, 0.25) is 6.79 Å². The summed E-state index contributed by atoms with van der Waals surface area (Å²) >= 11 is 5.97. The summed E-state index contributed by atoms with van der Waals surface area (Å²) in [4.78, 5) is 11.9. The zero-order chi connectivity index (χ0) is 13.9. The predicted octanol–water partition coefficient (Wildman–Crippen LogP) is 3.71. The molecule has 6 heteroatoms. The lowest BCUT2D eigenvalue weighted by molar-refractivity contribution is 0.174. The summed E-state index contributed by atoms with van der Waals surface area (Å²) in [5.74, 6) is 1.28. The van der Waals surface area contributed by atoms with Gasteiger partial charge in [0.25, 0.3) is 0 Å². The summed E-state index contributed by atoms with van der Waals surface area (Å²) in [7, 11) is 0. The molecule has 1 heterocycles. The number of nitrogens with one attached hydrogen (secondary N) is 2. The van der Waals surface area contributed by atoms with Crippen LogP contribution in [0.15, 0.2) is 42.5 Å². The summed E-state index contributed by atoms with van der Waals surface area (Å²) < 4.78 is 10.4. The van der Waals surface area contributed by atoms with Crippen molar-refractivity contribution in [3.8, 4) is 11.5 Å². The topological polar surface area (TPSA) is 59.6 Å². The molecule has 102 valence electrons. The molecule has 2 aromatic carbocycles. The fourth-order valence-electron chi connectivity index (χ4n) is 1.82. The molecule has 1 aliphatic heterocycles. The SMILES string of the molecule is O=C(Nc1ccc2c(c1)OCO2)Nc1ccccc1Cl. The van der Waals surface area contributed by atoms with Crippen LogP contribution in [0.5, 0.6) is 11.5 Å². The number of para-hydroxylation sites is 1. The van der Waals surface area contributed by atoms with E-state index in [0.29, 0.717) is 27.9 Å². The molecule has 0 saturated heterocycles. The van der Waals surface area contributed by atoms with Crippen LogP contribution in [-0.2, 0) is 0 Å². The van der Waals surface area contributed by atoms with E-state index in [2.05, 4.69) is 10.6 Å². The lowest BCUT2D eigenvalue weighted by Crippen LogP contribution is -2.19. The number of amides is 2. The van der Waals surface area contributed by atoms with Crippen molar-refractivity contribution in [3.63, 3.8) is 0 Å². The Balaban J connectivity index is 1.69. The highest BCUT2D eigenvalue weighted by Crippen LogP contribution is 2.34. The van der Waals surface area contributed by atoms with Gasteiger partial charge in [-0.15, -0.1) is 0 Å². The van der Waals surface area contributed by atoms with Crippen LogP contribution < -0.4 is 20.1 Å². The van der Waals surface area contributed by atoms with E-state index in [-0.39, 0.29) is 12.8 Å². The number of hydrogen-bond donors (Lipinski definition) is 2. The molecule has 0 spiro atoms. The molecule has 0 aromatic heterocycles. The normalized spacial score (nSPS) is 12.1. The number of fused-ring (bicyclic) bond motifs is 1. The van der Waals surface area contributed by atoms with Crippen molar-refractivity contribution in [3.05, 3.63) is 47.5 Å². The van der Waals surface area contributed by atoms with Gasteiger partial charge in [-0.3, -0.25) is 0 Å². The van der Waals surface area contributed by atoms with Crippen molar-refractivity contribution in [2.24, 2.45) is 0 Å². The Hall–Kier alpha value is -2.40. The van der Waals surface area contributed by atoms with Crippen LogP contribution in [0, 0.1) is 0 Å². The Morgan fingerprint density at radius 2 is 1.85 bits per heavy atom. The Labute approximate surface area is 120 Å². The van der Waals surface area contributed by atoms with E-state index < -0.39 is 0 Å². The van der Waals surface area contributed by atoms with Gasteiger partial charge in [-0.05, 0) is 24.3 Å². The maximum atomic E-state index is 11.9. The number of hydrogen-bond acceptors (Lipinski definition) is 3. The minimum atomic E-state index is -0.378. The molecule has 20 heavy (non-hydrogen) atoms. The highest BCUT2D eigenvalue weighted by atomic mass is 35.5. The summed E-state index contributed by atoms with van der Waals surface area (Å²) in [6, 6.07) is 11.8. The number of ether oxygens (including phenoxy) is 2. The molecular weight excluding hydrogens is 280 g/mol. The van der Waals surface area contributed by atoms with Crippen molar-refractivity contribution in [2.75, 3.05) is 17.4 Å². The zero-order valence-electron chi connectivity index (χ0n) is 10.4. The standard InChI is InChI=1S/C14H11ClN2O3/c15-10-3-1-2-4-11(10)17-14(18)16-9-5-6-12-13(7-9)20-8-19-12/h1-7H,8H2,(H2,16,17,18). The van der Waals surface area contributed by atoms with E-state index in [1.54, 1.807) is 42.5 Å². The van der Waals surface area contributed by atoms with Gasteiger partial charge in [0.1, 0.15) is 0 Å². The number of rotatable bonds is 2. The molecule has 2 amide bonds. The second-order valence-corrected chi connectivity index (χ2v) is 4.53. The smallest absolute Gasteiger partial charge is 0.323 e. The van der Waals surface area contributed by atoms with Gasteiger partial charge in [-0.25, -0.2) is 4.79 Å². The Morgan fingerprint density at radius 1 is 1.05 bits per heavy atom. The minimum Gasteiger partial charge on any atom is -0.454 e. The Bertz CT molecular complexity index is 661. The summed E-state index contributed by atoms with van der Waals surface area (Å²) in [6.07, 6.45) is 0. The van der Waals surface area contributed by atoms with E-state index in [1.165, 1.54) is 0 Å². The van der Waals surface area contributed by atoms with Gasteiger partial charge < -0.3 is 20.1 Å². The molecule has 0 atom stereocenters. The fourth-order valence-corrected chi connectivity index (χ4v) is 2.00. The third-order valence-electron chi connectivity index (χ3n) is 2.75. The van der Waals surface area contributed by atoms with E-state index in [4.69, 9.17) is 21.1 Å². The number of carbonyl (C=O) groups excluding carboxylic acids is 1. The largest absolute Gasteiger partial charge is 0.454 e. The number of halogens is 1. The molecule has 2 aromatic rings. The third-order valence-corrected chi connectivity index (χ3v) is 3.08. The van der Waals surface area contributed by atoms with E-state index >= 15 is 0 Å².